The average molecular weight is 345 g/mol. The van der Waals surface area contributed by atoms with Crippen molar-refractivity contribution in [1.29, 1.82) is 0 Å². The Hall–Kier alpha value is -1.59. The molecule has 1 aromatic carbocycles. The fourth-order valence-electron chi connectivity index (χ4n) is 4.00. The highest BCUT2D eigenvalue weighted by molar-refractivity contribution is 5.87. The van der Waals surface area contributed by atoms with Crippen LogP contribution in [0.15, 0.2) is 18.2 Å². The van der Waals surface area contributed by atoms with E-state index < -0.39 is 0 Å². The van der Waals surface area contributed by atoms with Crippen molar-refractivity contribution in [3.05, 3.63) is 29.3 Å². The summed E-state index contributed by atoms with van der Waals surface area (Å²) < 4.78 is 0. The van der Waals surface area contributed by atoms with Gasteiger partial charge in [0.25, 0.3) is 0 Å². The van der Waals surface area contributed by atoms with Crippen molar-refractivity contribution in [2.45, 2.75) is 51.1 Å². The molecule has 0 aromatic heterocycles. The van der Waals surface area contributed by atoms with Gasteiger partial charge in [-0.1, -0.05) is 32.9 Å². The zero-order valence-corrected chi connectivity index (χ0v) is 15.9. The van der Waals surface area contributed by atoms with Crippen LogP contribution < -0.4 is 5.32 Å². The van der Waals surface area contributed by atoms with Gasteiger partial charge >= 0.3 is 0 Å². The summed E-state index contributed by atoms with van der Waals surface area (Å²) in [7, 11) is 2.06. The lowest BCUT2D eigenvalue weighted by atomic mass is 9.83. The van der Waals surface area contributed by atoms with Crippen LogP contribution in [-0.2, 0) is 16.8 Å². The molecule has 3 rings (SSSR count). The van der Waals surface area contributed by atoms with Crippen LogP contribution in [0.5, 0.6) is 5.75 Å². The standard InChI is InChI=1S/C20H31N3O2/c1-19(2,3)16-5-6-17(24)15(13-16)14-23-10-7-20(8-11-23)18(25)21-9-12-22(20)4/h5-6,13,24H,7-12,14H2,1-4H3,(H,21,25). The number of phenolic OH excluding ortho intramolecular Hbond substituents is 1. The number of piperazine rings is 1. The lowest BCUT2D eigenvalue weighted by Gasteiger charge is -2.48. The number of hydrogen-bond acceptors (Lipinski definition) is 4. The molecule has 2 heterocycles. The summed E-state index contributed by atoms with van der Waals surface area (Å²) in [5.74, 6) is 0.541. The third kappa shape index (κ3) is 3.53. The van der Waals surface area contributed by atoms with Crippen LogP contribution in [0.2, 0.25) is 0 Å². The molecule has 2 N–H and O–H groups in total. The molecule has 0 aliphatic carbocycles. The Balaban J connectivity index is 1.69. The summed E-state index contributed by atoms with van der Waals surface area (Å²) >= 11 is 0. The lowest BCUT2D eigenvalue weighted by Crippen LogP contribution is -2.66. The first-order chi connectivity index (χ1) is 11.7. The van der Waals surface area contributed by atoms with Gasteiger partial charge in [-0.15, -0.1) is 0 Å². The van der Waals surface area contributed by atoms with E-state index in [0.29, 0.717) is 5.75 Å². The number of carbonyl (C=O) groups is 1. The van der Waals surface area contributed by atoms with Crippen LogP contribution in [0, 0.1) is 0 Å². The number of nitrogens with zero attached hydrogens (tertiary/aromatic N) is 2. The Morgan fingerprint density at radius 1 is 1.20 bits per heavy atom. The van der Waals surface area contributed by atoms with E-state index in [-0.39, 0.29) is 16.9 Å². The highest BCUT2D eigenvalue weighted by Gasteiger charge is 2.46. The maximum absolute atomic E-state index is 12.4. The lowest BCUT2D eigenvalue weighted by molar-refractivity contribution is -0.140. The summed E-state index contributed by atoms with van der Waals surface area (Å²) in [5.41, 5.74) is 1.94. The van der Waals surface area contributed by atoms with Gasteiger partial charge in [0.2, 0.25) is 5.91 Å². The maximum Gasteiger partial charge on any atom is 0.240 e. The predicted octanol–water partition coefficient (Wildman–Crippen LogP) is 2.09. The van der Waals surface area contributed by atoms with Crippen molar-refractivity contribution < 1.29 is 9.90 Å². The minimum absolute atomic E-state index is 0.0668. The number of amides is 1. The fourth-order valence-corrected chi connectivity index (χ4v) is 4.00. The zero-order valence-electron chi connectivity index (χ0n) is 15.9. The molecule has 138 valence electrons. The number of likely N-dealkylation sites (N-methyl/N-ethyl adjacent to an activating group) is 1. The van der Waals surface area contributed by atoms with Crippen molar-refractivity contribution in [3.8, 4) is 5.75 Å². The summed E-state index contributed by atoms with van der Waals surface area (Å²) in [4.78, 5) is 17.0. The van der Waals surface area contributed by atoms with Gasteiger partial charge in [0.1, 0.15) is 11.3 Å². The molecule has 1 aromatic rings. The Morgan fingerprint density at radius 3 is 2.48 bits per heavy atom. The van der Waals surface area contributed by atoms with Crippen LogP contribution >= 0.6 is 0 Å². The topological polar surface area (TPSA) is 55.8 Å². The van der Waals surface area contributed by atoms with Crippen molar-refractivity contribution in [2.24, 2.45) is 0 Å². The van der Waals surface area contributed by atoms with Gasteiger partial charge in [0, 0.05) is 38.3 Å². The first kappa shape index (κ1) is 18.2. The first-order valence-corrected chi connectivity index (χ1v) is 9.27. The third-order valence-electron chi connectivity index (χ3n) is 5.91. The average Bonchev–Trinajstić information content (AvgIpc) is 2.55. The van der Waals surface area contributed by atoms with E-state index in [4.69, 9.17) is 0 Å². The molecule has 5 nitrogen and oxygen atoms in total. The van der Waals surface area contributed by atoms with E-state index in [2.05, 4.69) is 49.0 Å². The van der Waals surface area contributed by atoms with E-state index >= 15 is 0 Å². The molecule has 5 heteroatoms. The van der Waals surface area contributed by atoms with E-state index in [0.717, 1.165) is 51.1 Å². The number of piperidine rings is 1. The second kappa shape index (κ2) is 6.61. The Labute approximate surface area is 151 Å². The number of hydrogen-bond donors (Lipinski definition) is 2. The molecule has 25 heavy (non-hydrogen) atoms. The monoisotopic (exact) mass is 345 g/mol. The minimum Gasteiger partial charge on any atom is -0.508 e. The number of likely N-dealkylation sites (tertiary alicyclic amines) is 1. The molecule has 2 saturated heterocycles. The number of phenols is 1. The summed E-state index contributed by atoms with van der Waals surface area (Å²) in [6, 6.07) is 5.94. The Kier molecular flexibility index (Phi) is 4.82. The number of aromatic hydroxyl groups is 1. The minimum atomic E-state index is -0.343. The summed E-state index contributed by atoms with van der Waals surface area (Å²) in [5, 5.41) is 13.3. The summed E-state index contributed by atoms with van der Waals surface area (Å²) in [6.45, 7) is 10.7. The van der Waals surface area contributed by atoms with E-state index in [1.807, 2.05) is 12.1 Å². The SMILES string of the molecule is CN1CCNC(=O)C12CCN(Cc1cc(C(C)(C)C)ccc1O)CC2. The van der Waals surface area contributed by atoms with Gasteiger partial charge in [0.15, 0.2) is 0 Å². The van der Waals surface area contributed by atoms with Crippen molar-refractivity contribution in [2.75, 3.05) is 33.2 Å². The van der Waals surface area contributed by atoms with E-state index in [1.165, 1.54) is 5.56 Å². The molecule has 2 fully saturated rings. The predicted molar refractivity (Wildman–Crippen MR) is 99.7 cm³/mol. The Bertz CT molecular complexity index is 643. The summed E-state index contributed by atoms with van der Waals surface area (Å²) in [6.07, 6.45) is 1.68. The normalized spacial score (nSPS) is 22.2. The van der Waals surface area contributed by atoms with Gasteiger partial charge in [-0.3, -0.25) is 14.6 Å². The van der Waals surface area contributed by atoms with Crippen LogP contribution in [0.1, 0.15) is 44.7 Å². The molecule has 0 atom stereocenters. The molecule has 2 aliphatic rings. The van der Waals surface area contributed by atoms with Crippen LogP contribution in [0.3, 0.4) is 0 Å². The highest BCUT2D eigenvalue weighted by atomic mass is 16.3. The number of nitrogens with one attached hydrogen (secondary N) is 1. The molecule has 1 spiro atoms. The maximum atomic E-state index is 12.4. The van der Waals surface area contributed by atoms with Crippen LogP contribution in [0.4, 0.5) is 0 Å². The van der Waals surface area contributed by atoms with Gasteiger partial charge < -0.3 is 10.4 Å². The highest BCUT2D eigenvalue weighted by Crippen LogP contribution is 2.32. The van der Waals surface area contributed by atoms with E-state index in [9.17, 15) is 9.90 Å². The largest absolute Gasteiger partial charge is 0.508 e. The Morgan fingerprint density at radius 2 is 1.88 bits per heavy atom. The van der Waals surface area contributed by atoms with Crippen LogP contribution in [-0.4, -0.2) is 59.6 Å². The van der Waals surface area contributed by atoms with Crippen molar-refractivity contribution >= 4 is 5.91 Å². The van der Waals surface area contributed by atoms with Crippen molar-refractivity contribution in [3.63, 3.8) is 0 Å². The van der Waals surface area contributed by atoms with Crippen molar-refractivity contribution in [1.82, 2.24) is 15.1 Å². The zero-order chi connectivity index (χ0) is 18.2. The molecule has 2 aliphatic heterocycles. The second-order valence-electron chi connectivity index (χ2n) is 8.58. The molecule has 0 radical (unpaired) electrons. The van der Waals surface area contributed by atoms with Crippen LogP contribution in [0.25, 0.3) is 0 Å². The molecule has 0 unspecified atom stereocenters. The fraction of sp³-hybridized carbons (Fsp3) is 0.650. The molecule has 0 bridgehead atoms. The number of rotatable bonds is 2. The molecule has 0 saturated carbocycles. The van der Waals surface area contributed by atoms with Gasteiger partial charge in [0.05, 0.1) is 0 Å². The van der Waals surface area contributed by atoms with Gasteiger partial charge in [-0.05, 0) is 36.9 Å². The molecular weight excluding hydrogens is 314 g/mol. The molecule has 1 amide bonds. The second-order valence-corrected chi connectivity index (χ2v) is 8.58. The number of carbonyl (C=O) groups excluding carboxylic acids is 1. The van der Waals surface area contributed by atoms with E-state index in [1.54, 1.807) is 0 Å². The van der Waals surface area contributed by atoms with Gasteiger partial charge in [-0.25, -0.2) is 0 Å². The first-order valence-electron chi connectivity index (χ1n) is 9.27. The number of benzene rings is 1. The molecular formula is C20H31N3O2. The smallest absolute Gasteiger partial charge is 0.240 e. The van der Waals surface area contributed by atoms with Gasteiger partial charge in [-0.2, -0.15) is 0 Å². The third-order valence-corrected chi connectivity index (χ3v) is 5.91. The quantitative estimate of drug-likeness (QED) is 0.862.